The van der Waals surface area contributed by atoms with Gasteiger partial charge in [-0.2, -0.15) is 0 Å². The Hall–Kier alpha value is -2.29. The van der Waals surface area contributed by atoms with E-state index in [2.05, 4.69) is 17.4 Å². The molecule has 0 aliphatic heterocycles. The molecule has 0 heterocycles. The second kappa shape index (κ2) is 6.05. The lowest BCUT2D eigenvalue weighted by molar-refractivity contribution is 0.0940. The Labute approximate surface area is 113 Å². The number of amides is 1. The quantitative estimate of drug-likeness (QED) is 0.824. The first-order chi connectivity index (χ1) is 9.15. The van der Waals surface area contributed by atoms with Gasteiger partial charge in [0.2, 0.25) is 0 Å². The molecule has 3 heteroatoms. The number of hydrogen-bond acceptors (Lipinski definition) is 2. The van der Waals surface area contributed by atoms with E-state index in [4.69, 9.17) is 5.73 Å². The lowest BCUT2D eigenvalue weighted by Gasteiger charge is -2.14. The van der Waals surface area contributed by atoms with Crippen LogP contribution >= 0.6 is 0 Å². The molecular weight excluding hydrogens is 236 g/mol. The number of nitrogens with two attached hydrogens (primary N) is 1. The van der Waals surface area contributed by atoms with Crippen LogP contribution in [0.1, 0.15) is 22.8 Å². The number of nitrogen functional groups attached to an aromatic ring is 1. The predicted octanol–water partition coefficient (Wildman–Crippen LogP) is 2.63. The van der Waals surface area contributed by atoms with E-state index in [0.29, 0.717) is 11.3 Å². The van der Waals surface area contributed by atoms with Crippen molar-refractivity contribution < 1.29 is 4.79 Å². The van der Waals surface area contributed by atoms with Crippen LogP contribution in [0.4, 0.5) is 5.69 Å². The molecule has 1 atom stereocenters. The zero-order valence-corrected chi connectivity index (χ0v) is 11.0. The van der Waals surface area contributed by atoms with E-state index in [1.807, 2.05) is 25.1 Å². The smallest absolute Gasteiger partial charge is 0.251 e. The number of hydrogen-bond donors (Lipinski definition) is 2. The predicted molar refractivity (Wildman–Crippen MR) is 77.9 cm³/mol. The first-order valence-electron chi connectivity index (χ1n) is 6.35. The fraction of sp³-hybridized carbons (Fsp3) is 0.188. The number of nitrogens with one attached hydrogen (secondary N) is 1. The van der Waals surface area contributed by atoms with Gasteiger partial charge in [-0.05, 0) is 43.2 Å². The molecule has 0 bridgehead atoms. The van der Waals surface area contributed by atoms with E-state index in [9.17, 15) is 4.79 Å². The van der Waals surface area contributed by atoms with Crippen LogP contribution < -0.4 is 11.1 Å². The van der Waals surface area contributed by atoms with Crippen molar-refractivity contribution >= 4 is 11.6 Å². The minimum absolute atomic E-state index is 0.0663. The minimum atomic E-state index is -0.0663. The van der Waals surface area contributed by atoms with Gasteiger partial charge < -0.3 is 11.1 Å². The molecule has 0 saturated carbocycles. The van der Waals surface area contributed by atoms with Crippen LogP contribution in [-0.4, -0.2) is 11.9 Å². The van der Waals surface area contributed by atoms with E-state index in [-0.39, 0.29) is 11.9 Å². The van der Waals surface area contributed by atoms with Gasteiger partial charge in [0.1, 0.15) is 0 Å². The summed E-state index contributed by atoms with van der Waals surface area (Å²) in [7, 11) is 0. The van der Waals surface area contributed by atoms with E-state index >= 15 is 0 Å². The minimum Gasteiger partial charge on any atom is -0.399 e. The molecule has 0 radical (unpaired) electrons. The summed E-state index contributed by atoms with van der Waals surface area (Å²) >= 11 is 0. The van der Waals surface area contributed by atoms with Gasteiger partial charge in [-0.3, -0.25) is 4.79 Å². The summed E-state index contributed by atoms with van der Waals surface area (Å²) in [4.78, 5) is 12.0. The highest BCUT2D eigenvalue weighted by molar-refractivity contribution is 5.94. The average Bonchev–Trinajstić information content (AvgIpc) is 2.40. The third-order valence-electron chi connectivity index (χ3n) is 2.94. The van der Waals surface area contributed by atoms with Crippen molar-refractivity contribution in [2.24, 2.45) is 0 Å². The molecular formula is C16H18N2O. The number of carbonyl (C=O) groups excluding carboxylic acids is 1. The molecule has 2 aromatic carbocycles. The molecule has 0 aliphatic carbocycles. The third-order valence-corrected chi connectivity index (χ3v) is 2.94. The van der Waals surface area contributed by atoms with E-state index < -0.39 is 0 Å². The first kappa shape index (κ1) is 13.1. The first-order valence-corrected chi connectivity index (χ1v) is 6.35. The number of anilines is 1. The Bertz CT molecular complexity index is 534. The van der Waals surface area contributed by atoms with Crippen molar-refractivity contribution in [3.63, 3.8) is 0 Å². The third kappa shape index (κ3) is 3.85. The highest BCUT2D eigenvalue weighted by atomic mass is 16.1. The fourth-order valence-electron chi connectivity index (χ4n) is 1.96. The summed E-state index contributed by atoms with van der Waals surface area (Å²) < 4.78 is 0. The topological polar surface area (TPSA) is 55.1 Å². The Balaban J connectivity index is 1.93. The monoisotopic (exact) mass is 254 g/mol. The highest BCUT2D eigenvalue weighted by Gasteiger charge is 2.09. The normalized spacial score (nSPS) is 11.8. The van der Waals surface area contributed by atoms with Crippen LogP contribution in [0.25, 0.3) is 0 Å². The van der Waals surface area contributed by atoms with E-state index in [1.54, 1.807) is 24.3 Å². The lowest BCUT2D eigenvalue weighted by atomic mass is 10.1. The number of carbonyl (C=O) groups is 1. The van der Waals surface area contributed by atoms with Crippen LogP contribution in [0.2, 0.25) is 0 Å². The van der Waals surface area contributed by atoms with Crippen LogP contribution in [0.5, 0.6) is 0 Å². The molecule has 0 unspecified atom stereocenters. The lowest BCUT2D eigenvalue weighted by Crippen LogP contribution is -2.34. The van der Waals surface area contributed by atoms with Gasteiger partial charge in [-0.15, -0.1) is 0 Å². The van der Waals surface area contributed by atoms with E-state index in [0.717, 1.165) is 6.42 Å². The molecule has 2 rings (SSSR count). The van der Waals surface area contributed by atoms with Crippen molar-refractivity contribution in [2.45, 2.75) is 19.4 Å². The Morgan fingerprint density at radius 2 is 1.74 bits per heavy atom. The number of rotatable bonds is 4. The summed E-state index contributed by atoms with van der Waals surface area (Å²) in [6.07, 6.45) is 0.821. The molecule has 3 nitrogen and oxygen atoms in total. The average molecular weight is 254 g/mol. The second-order valence-corrected chi connectivity index (χ2v) is 4.69. The zero-order chi connectivity index (χ0) is 13.7. The Morgan fingerprint density at radius 3 is 2.37 bits per heavy atom. The highest BCUT2D eigenvalue weighted by Crippen LogP contribution is 2.07. The van der Waals surface area contributed by atoms with Crippen molar-refractivity contribution in [2.75, 3.05) is 5.73 Å². The SMILES string of the molecule is C[C@@H](Cc1ccccc1)NC(=O)c1ccc(N)cc1. The summed E-state index contributed by atoms with van der Waals surface area (Å²) in [6.45, 7) is 2.00. The standard InChI is InChI=1S/C16H18N2O/c1-12(11-13-5-3-2-4-6-13)18-16(19)14-7-9-15(17)10-8-14/h2-10,12H,11,17H2,1H3,(H,18,19)/t12-/m0/s1. The molecule has 0 saturated heterocycles. The largest absolute Gasteiger partial charge is 0.399 e. The molecule has 3 N–H and O–H groups in total. The van der Waals surface area contributed by atoms with Crippen LogP contribution in [0, 0.1) is 0 Å². The van der Waals surface area contributed by atoms with Crippen LogP contribution in [0.15, 0.2) is 54.6 Å². The molecule has 2 aromatic rings. The van der Waals surface area contributed by atoms with Crippen molar-refractivity contribution in [1.29, 1.82) is 0 Å². The van der Waals surface area contributed by atoms with Gasteiger partial charge in [-0.25, -0.2) is 0 Å². The zero-order valence-electron chi connectivity index (χ0n) is 11.0. The maximum atomic E-state index is 12.0. The Kier molecular flexibility index (Phi) is 4.18. The number of benzene rings is 2. The van der Waals surface area contributed by atoms with Gasteiger partial charge in [0.15, 0.2) is 0 Å². The fourth-order valence-corrected chi connectivity index (χ4v) is 1.96. The summed E-state index contributed by atoms with van der Waals surface area (Å²) in [6, 6.07) is 17.1. The second-order valence-electron chi connectivity index (χ2n) is 4.69. The van der Waals surface area contributed by atoms with E-state index in [1.165, 1.54) is 5.56 Å². The summed E-state index contributed by atoms with van der Waals surface area (Å²) in [5.41, 5.74) is 8.11. The van der Waals surface area contributed by atoms with Crippen molar-refractivity contribution in [3.05, 3.63) is 65.7 Å². The Morgan fingerprint density at radius 1 is 1.11 bits per heavy atom. The van der Waals surface area contributed by atoms with Crippen molar-refractivity contribution in [1.82, 2.24) is 5.32 Å². The molecule has 98 valence electrons. The molecule has 0 spiro atoms. The van der Waals surface area contributed by atoms with Gasteiger partial charge in [0.05, 0.1) is 0 Å². The van der Waals surface area contributed by atoms with Gasteiger partial charge >= 0.3 is 0 Å². The summed E-state index contributed by atoms with van der Waals surface area (Å²) in [5.74, 6) is -0.0663. The van der Waals surface area contributed by atoms with Gasteiger partial charge in [-0.1, -0.05) is 30.3 Å². The van der Waals surface area contributed by atoms with Gasteiger partial charge in [0.25, 0.3) is 5.91 Å². The van der Waals surface area contributed by atoms with Gasteiger partial charge in [0, 0.05) is 17.3 Å². The molecule has 0 aromatic heterocycles. The molecule has 0 fully saturated rings. The molecule has 0 aliphatic rings. The van der Waals surface area contributed by atoms with Crippen LogP contribution in [0.3, 0.4) is 0 Å². The molecule has 19 heavy (non-hydrogen) atoms. The van der Waals surface area contributed by atoms with Crippen LogP contribution in [-0.2, 0) is 6.42 Å². The maximum Gasteiger partial charge on any atom is 0.251 e. The maximum absolute atomic E-state index is 12.0. The summed E-state index contributed by atoms with van der Waals surface area (Å²) in [5, 5.41) is 2.98. The van der Waals surface area contributed by atoms with Crippen molar-refractivity contribution in [3.8, 4) is 0 Å². The molecule has 1 amide bonds.